The van der Waals surface area contributed by atoms with Gasteiger partial charge in [0, 0.05) is 24.2 Å². The van der Waals surface area contributed by atoms with E-state index in [4.69, 9.17) is 18.9 Å². The van der Waals surface area contributed by atoms with Crippen LogP contribution in [0.5, 0.6) is 0 Å². The number of ether oxygens (including phenoxy) is 4. The molecule has 60 heavy (non-hydrogen) atoms. The van der Waals surface area contributed by atoms with E-state index in [1.54, 1.807) is 24.3 Å². The molecule has 4 aromatic rings. The van der Waals surface area contributed by atoms with Gasteiger partial charge in [-0.2, -0.15) is 0 Å². The zero-order chi connectivity index (χ0) is 41.0. The van der Waals surface area contributed by atoms with Crippen molar-refractivity contribution in [1.82, 2.24) is 21.3 Å². The van der Waals surface area contributed by atoms with Crippen molar-refractivity contribution in [2.24, 2.45) is 0 Å². The number of benzene rings is 4. The largest absolute Gasteiger partial charge is 0.372 e. The lowest BCUT2D eigenvalue weighted by Gasteiger charge is -2.38. The molecule has 8 aliphatic rings. The molecule has 4 aromatic carbocycles. The van der Waals surface area contributed by atoms with E-state index in [0.29, 0.717) is 76.3 Å². The Morgan fingerprint density at radius 3 is 0.750 bits per heavy atom. The van der Waals surface area contributed by atoms with E-state index >= 15 is 0 Å². The Hall–Kier alpha value is -3.72. The summed E-state index contributed by atoms with van der Waals surface area (Å²) in [5.41, 5.74) is 7.56. The van der Waals surface area contributed by atoms with E-state index in [2.05, 4.69) is 21.3 Å². The van der Waals surface area contributed by atoms with Gasteiger partial charge in [0.15, 0.2) is 0 Å². The molecule has 320 valence electrons. The molecule has 8 atom stereocenters. The highest BCUT2D eigenvalue weighted by atomic mass is 19.1. The van der Waals surface area contributed by atoms with Gasteiger partial charge in [-0.15, -0.1) is 0 Å². The lowest BCUT2D eigenvalue weighted by Crippen LogP contribution is -2.48. The molecule has 0 unspecified atom stereocenters. The van der Waals surface area contributed by atoms with Crippen molar-refractivity contribution >= 4 is 0 Å². The van der Waals surface area contributed by atoms with E-state index in [0.717, 1.165) is 96.4 Å². The quantitative estimate of drug-likeness (QED) is 0.161. The van der Waals surface area contributed by atoms with E-state index in [-0.39, 0.29) is 47.7 Å². The average Bonchev–Trinajstić information content (AvgIpc) is 3.18. The van der Waals surface area contributed by atoms with Crippen LogP contribution >= 0.6 is 0 Å². The Balaban J connectivity index is 0.000000103. The van der Waals surface area contributed by atoms with Gasteiger partial charge in [0.2, 0.25) is 0 Å². The van der Waals surface area contributed by atoms with Crippen LogP contribution in [0.2, 0.25) is 0 Å². The molecular weight excluding hydrogens is 773 g/mol. The third-order valence-electron chi connectivity index (χ3n) is 13.4. The third-order valence-corrected chi connectivity index (χ3v) is 13.4. The summed E-state index contributed by atoms with van der Waals surface area (Å²) >= 11 is 0. The van der Waals surface area contributed by atoms with Crippen molar-refractivity contribution in [2.45, 2.75) is 99.9 Å². The fourth-order valence-corrected chi connectivity index (χ4v) is 9.54. The fourth-order valence-electron chi connectivity index (χ4n) is 9.54. The Morgan fingerprint density at radius 2 is 0.567 bits per heavy atom. The Bertz CT molecular complexity index is 1800. The van der Waals surface area contributed by atoms with E-state index in [1.807, 2.05) is 24.3 Å². The van der Waals surface area contributed by atoms with Crippen LogP contribution in [0.3, 0.4) is 0 Å². The Morgan fingerprint density at radius 1 is 0.350 bits per heavy atom. The normalized spacial score (nSPS) is 29.4. The molecule has 0 aliphatic carbocycles. The van der Waals surface area contributed by atoms with E-state index in [1.165, 1.54) is 24.3 Å². The van der Waals surface area contributed by atoms with Crippen LogP contribution in [0.1, 0.15) is 94.6 Å². The summed E-state index contributed by atoms with van der Waals surface area (Å²) in [7, 11) is 0. The summed E-state index contributed by atoms with van der Waals surface area (Å²) < 4.78 is 77.2. The molecule has 0 bridgehead atoms. The molecule has 4 N–H and O–H groups in total. The SMILES string of the molecule is Fc1cccc2c1CCO[C@@H]2[C@@H]1CCN1.Fc1cccc2c1CCO[C@@H]2[C@H]1CCN1.Fc1cccc2c1CCO[C@H]2[C@@H]1CCN1.Fc1cccc2c1CCO[C@H]2[C@H]1CCN1. The number of rotatable bonds is 4. The molecule has 0 radical (unpaired) electrons. The maximum absolute atomic E-state index is 13.6. The molecule has 4 fully saturated rings. The highest BCUT2D eigenvalue weighted by molar-refractivity contribution is 5.36. The van der Waals surface area contributed by atoms with Gasteiger partial charge in [-0.3, -0.25) is 0 Å². The predicted molar refractivity (Wildman–Crippen MR) is 221 cm³/mol. The maximum Gasteiger partial charge on any atom is 0.126 e. The average molecular weight is 829 g/mol. The number of fused-ring (bicyclic) bond motifs is 4. The summed E-state index contributed by atoms with van der Waals surface area (Å²) in [6, 6.07) is 22.7. The van der Waals surface area contributed by atoms with Gasteiger partial charge < -0.3 is 40.2 Å². The Labute approximate surface area is 350 Å². The molecule has 0 aromatic heterocycles. The lowest BCUT2D eigenvalue weighted by molar-refractivity contribution is -0.00234. The second kappa shape index (κ2) is 19.1. The zero-order valence-electron chi connectivity index (χ0n) is 34.0. The molecule has 0 amide bonds. The molecule has 12 rings (SSSR count). The van der Waals surface area contributed by atoms with Gasteiger partial charge in [-0.1, -0.05) is 48.5 Å². The van der Waals surface area contributed by atoms with E-state index < -0.39 is 0 Å². The smallest absolute Gasteiger partial charge is 0.126 e. The first-order valence-corrected chi connectivity index (χ1v) is 21.9. The van der Waals surface area contributed by atoms with Crippen LogP contribution in [-0.2, 0) is 44.6 Å². The van der Waals surface area contributed by atoms with Crippen LogP contribution in [0, 0.1) is 23.3 Å². The summed E-state index contributed by atoms with van der Waals surface area (Å²) in [4.78, 5) is 0. The van der Waals surface area contributed by atoms with Gasteiger partial charge in [0.05, 0.1) is 50.8 Å². The van der Waals surface area contributed by atoms with Crippen molar-refractivity contribution in [2.75, 3.05) is 52.6 Å². The van der Waals surface area contributed by atoms with Crippen LogP contribution in [-0.4, -0.2) is 76.8 Å². The number of hydrogen-bond donors (Lipinski definition) is 4. The molecular formula is C48H56F4N4O4. The first kappa shape index (κ1) is 41.6. The summed E-state index contributed by atoms with van der Waals surface area (Å²) in [6.45, 7) is 6.75. The predicted octanol–water partition coefficient (Wildman–Crippen LogP) is 7.21. The minimum Gasteiger partial charge on any atom is -0.372 e. The minimum absolute atomic E-state index is 0.0539. The summed E-state index contributed by atoms with van der Waals surface area (Å²) in [5, 5.41) is 13.3. The van der Waals surface area contributed by atoms with Gasteiger partial charge in [0.25, 0.3) is 0 Å². The standard InChI is InChI=1S/4C12H14FNO/c4*13-10-3-1-2-9-8(10)5-7-15-12(9)11-4-6-14-11/h4*1-3,11-12,14H,4-7H2/t2*11-,12+;2*11-,12-/m1010/s1. The molecule has 0 spiro atoms. The van der Waals surface area contributed by atoms with Gasteiger partial charge in [-0.25, -0.2) is 17.6 Å². The molecule has 8 aliphatic heterocycles. The fraction of sp³-hybridized carbons (Fsp3) is 0.500. The maximum atomic E-state index is 13.6. The molecule has 12 heteroatoms. The number of nitrogens with one attached hydrogen (secondary N) is 4. The minimum atomic E-state index is -0.0832. The molecule has 8 nitrogen and oxygen atoms in total. The number of hydrogen-bond acceptors (Lipinski definition) is 8. The summed E-state index contributed by atoms with van der Waals surface area (Å²) in [5.74, 6) is -0.333. The van der Waals surface area contributed by atoms with Crippen molar-refractivity contribution < 1.29 is 36.5 Å². The number of halogens is 4. The monoisotopic (exact) mass is 828 g/mol. The molecule has 0 saturated carbocycles. The second-order valence-corrected chi connectivity index (χ2v) is 16.8. The van der Waals surface area contributed by atoms with Gasteiger partial charge in [-0.05, 0) is 146 Å². The zero-order valence-corrected chi connectivity index (χ0v) is 34.0. The van der Waals surface area contributed by atoms with Crippen LogP contribution < -0.4 is 21.3 Å². The first-order chi connectivity index (χ1) is 29.4. The van der Waals surface area contributed by atoms with Crippen LogP contribution in [0.25, 0.3) is 0 Å². The highest BCUT2D eigenvalue weighted by Gasteiger charge is 2.36. The van der Waals surface area contributed by atoms with Crippen molar-refractivity contribution in [3.8, 4) is 0 Å². The van der Waals surface area contributed by atoms with Gasteiger partial charge >= 0.3 is 0 Å². The van der Waals surface area contributed by atoms with E-state index in [9.17, 15) is 17.6 Å². The van der Waals surface area contributed by atoms with Crippen molar-refractivity contribution in [1.29, 1.82) is 0 Å². The topological polar surface area (TPSA) is 85.0 Å². The Kier molecular flexibility index (Phi) is 13.3. The first-order valence-electron chi connectivity index (χ1n) is 21.9. The molecule has 4 saturated heterocycles. The van der Waals surface area contributed by atoms with Gasteiger partial charge in [0.1, 0.15) is 23.3 Å². The van der Waals surface area contributed by atoms with Crippen LogP contribution in [0.4, 0.5) is 17.6 Å². The lowest BCUT2D eigenvalue weighted by atomic mass is 9.89. The van der Waals surface area contributed by atoms with Crippen molar-refractivity contribution in [3.05, 3.63) is 141 Å². The molecule has 8 heterocycles. The summed E-state index contributed by atoms with van der Waals surface area (Å²) in [6.07, 6.45) is 7.52. The highest BCUT2D eigenvalue weighted by Crippen LogP contribution is 2.37. The van der Waals surface area contributed by atoms with Crippen molar-refractivity contribution in [3.63, 3.8) is 0 Å². The third kappa shape index (κ3) is 8.81. The van der Waals surface area contributed by atoms with Crippen LogP contribution in [0.15, 0.2) is 72.8 Å². The second-order valence-electron chi connectivity index (χ2n) is 16.8.